The maximum absolute atomic E-state index is 12.1. The van der Waals surface area contributed by atoms with E-state index < -0.39 is 0 Å². The summed E-state index contributed by atoms with van der Waals surface area (Å²) in [4.78, 5) is 24.1. The Morgan fingerprint density at radius 3 is 2.57 bits per heavy atom. The van der Waals surface area contributed by atoms with E-state index in [1.54, 1.807) is 18.2 Å². The molecule has 23 heavy (non-hydrogen) atoms. The summed E-state index contributed by atoms with van der Waals surface area (Å²) in [5.41, 5.74) is 0.521. The highest BCUT2D eigenvalue weighted by atomic mass is 16.7. The van der Waals surface area contributed by atoms with Gasteiger partial charge in [0.25, 0.3) is 5.91 Å². The normalized spacial score (nSPS) is 16.9. The van der Waals surface area contributed by atoms with Crippen LogP contribution in [0.4, 0.5) is 0 Å². The third-order valence-electron chi connectivity index (χ3n) is 4.32. The third-order valence-corrected chi connectivity index (χ3v) is 4.32. The number of rotatable bonds is 5. The molecule has 1 heterocycles. The summed E-state index contributed by atoms with van der Waals surface area (Å²) < 4.78 is 10.5. The van der Waals surface area contributed by atoms with Crippen molar-refractivity contribution in [2.24, 2.45) is 5.92 Å². The number of hydrogen-bond acceptors (Lipinski definition) is 4. The molecule has 0 aromatic heterocycles. The number of ether oxygens (including phenoxy) is 2. The quantitative estimate of drug-likeness (QED) is 0.812. The van der Waals surface area contributed by atoms with E-state index in [1.165, 1.54) is 6.42 Å². The summed E-state index contributed by atoms with van der Waals surface area (Å²) >= 11 is 0. The minimum absolute atomic E-state index is 0.113. The smallest absolute Gasteiger partial charge is 0.251 e. The zero-order valence-electron chi connectivity index (χ0n) is 13.1. The number of hydrogen-bond donors (Lipinski definition) is 2. The Kier molecular flexibility index (Phi) is 5.00. The van der Waals surface area contributed by atoms with Gasteiger partial charge >= 0.3 is 0 Å². The maximum atomic E-state index is 12.1. The minimum Gasteiger partial charge on any atom is -0.454 e. The van der Waals surface area contributed by atoms with E-state index in [1.807, 2.05) is 0 Å². The minimum atomic E-state index is -0.185. The molecule has 1 aliphatic heterocycles. The zero-order chi connectivity index (χ0) is 16.1. The summed E-state index contributed by atoms with van der Waals surface area (Å²) in [5, 5.41) is 5.70. The van der Waals surface area contributed by atoms with Crippen LogP contribution >= 0.6 is 0 Å². The van der Waals surface area contributed by atoms with Crippen molar-refractivity contribution >= 4 is 11.8 Å². The highest BCUT2D eigenvalue weighted by molar-refractivity contribution is 5.95. The number of benzene rings is 1. The molecule has 1 aromatic rings. The molecule has 0 spiro atoms. The van der Waals surface area contributed by atoms with Crippen molar-refractivity contribution in [3.05, 3.63) is 23.8 Å². The van der Waals surface area contributed by atoms with Crippen LogP contribution in [0.2, 0.25) is 0 Å². The fourth-order valence-corrected chi connectivity index (χ4v) is 3.01. The van der Waals surface area contributed by atoms with Gasteiger partial charge in [-0.25, -0.2) is 0 Å². The topological polar surface area (TPSA) is 76.7 Å². The first-order chi connectivity index (χ1) is 11.2. The van der Waals surface area contributed by atoms with Crippen molar-refractivity contribution in [2.75, 3.05) is 19.9 Å². The Bertz CT molecular complexity index is 582. The van der Waals surface area contributed by atoms with Crippen molar-refractivity contribution in [3.63, 3.8) is 0 Å². The maximum Gasteiger partial charge on any atom is 0.251 e. The van der Waals surface area contributed by atoms with Gasteiger partial charge in [-0.2, -0.15) is 0 Å². The van der Waals surface area contributed by atoms with E-state index in [0.29, 0.717) is 30.2 Å². The standard InChI is InChI=1S/C17H22N2O4/c20-16(12-4-2-1-3-5-12)18-8-9-19-17(21)13-6-7-14-15(10-13)23-11-22-14/h6-7,10,12H,1-5,8-9,11H2,(H,18,20)(H,19,21). The van der Waals surface area contributed by atoms with Crippen molar-refractivity contribution in [1.29, 1.82) is 0 Å². The van der Waals surface area contributed by atoms with Gasteiger partial charge < -0.3 is 20.1 Å². The van der Waals surface area contributed by atoms with Crippen LogP contribution in [0, 0.1) is 5.92 Å². The highest BCUT2D eigenvalue weighted by Crippen LogP contribution is 2.32. The van der Waals surface area contributed by atoms with Gasteiger partial charge in [0.15, 0.2) is 11.5 Å². The molecule has 1 saturated carbocycles. The number of fused-ring (bicyclic) bond motifs is 1. The van der Waals surface area contributed by atoms with Crippen molar-refractivity contribution < 1.29 is 19.1 Å². The molecule has 1 fully saturated rings. The summed E-state index contributed by atoms with van der Waals surface area (Å²) in [5.74, 6) is 1.31. The molecular formula is C17H22N2O4. The van der Waals surface area contributed by atoms with Crippen LogP contribution in [-0.4, -0.2) is 31.7 Å². The third kappa shape index (κ3) is 3.94. The largest absolute Gasteiger partial charge is 0.454 e. The Hall–Kier alpha value is -2.24. The second-order valence-corrected chi connectivity index (χ2v) is 5.95. The number of carbonyl (C=O) groups is 2. The fourth-order valence-electron chi connectivity index (χ4n) is 3.01. The van der Waals surface area contributed by atoms with E-state index in [4.69, 9.17) is 9.47 Å². The second-order valence-electron chi connectivity index (χ2n) is 5.95. The Balaban J connectivity index is 1.40. The first kappa shape index (κ1) is 15.6. The molecule has 2 N–H and O–H groups in total. The lowest BCUT2D eigenvalue weighted by Crippen LogP contribution is -2.38. The number of nitrogens with one attached hydrogen (secondary N) is 2. The molecule has 2 aliphatic rings. The van der Waals surface area contributed by atoms with Gasteiger partial charge in [0.05, 0.1) is 0 Å². The first-order valence-electron chi connectivity index (χ1n) is 8.19. The summed E-state index contributed by atoms with van der Waals surface area (Å²) in [6.07, 6.45) is 5.47. The van der Waals surface area contributed by atoms with Gasteiger partial charge in [-0.3, -0.25) is 9.59 Å². The monoisotopic (exact) mass is 318 g/mol. The van der Waals surface area contributed by atoms with Gasteiger partial charge in [0.2, 0.25) is 12.7 Å². The molecule has 0 atom stereocenters. The second kappa shape index (κ2) is 7.35. The first-order valence-corrected chi connectivity index (χ1v) is 8.19. The highest BCUT2D eigenvalue weighted by Gasteiger charge is 2.20. The van der Waals surface area contributed by atoms with Crippen LogP contribution < -0.4 is 20.1 Å². The molecule has 1 aliphatic carbocycles. The lowest BCUT2D eigenvalue weighted by atomic mass is 9.89. The van der Waals surface area contributed by atoms with Crippen LogP contribution in [-0.2, 0) is 4.79 Å². The SMILES string of the molecule is O=C(NCCNC(=O)C1CCCCC1)c1ccc2c(c1)OCO2. The predicted octanol–water partition coefficient (Wildman–Crippen LogP) is 1.84. The predicted molar refractivity (Wildman–Crippen MR) is 84.5 cm³/mol. The molecular weight excluding hydrogens is 296 g/mol. The van der Waals surface area contributed by atoms with E-state index in [-0.39, 0.29) is 24.5 Å². The van der Waals surface area contributed by atoms with Gasteiger partial charge in [0.1, 0.15) is 0 Å². The summed E-state index contributed by atoms with van der Waals surface area (Å²) in [7, 11) is 0. The Morgan fingerprint density at radius 1 is 1.00 bits per heavy atom. The van der Waals surface area contributed by atoms with Crippen LogP contribution in [0.3, 0.4) is 0 Å². The zero-order valence-corrected chi connectivity index (χ0v) is 13.1. The molecule has 0 unspecified atom stereocenters. The van der Waals surface area contributed by atoms with Crippen molar-refractivity contribution in [3.8, 4) is 11.5 Å². The van der Waals surface area contributed by atoms with Crippen molar-refractivity contribution in [1.82, 2.24) is 10.6 Å². The van der Waals surface area contributed by atoms with E-state index in [0.717, 1.165) is 25.7 Å². The fraction of sp³-hybridized carbons (Fsp3) is 0.529. The number of carbonyl (C=O) groups excluding carboxylic acids is 2. The van der Waals surface area contributed by atoms with Gasteiger partial charge in [-0.15, -0.1) is 0 Å². The lowest BCUT2D eigenvalue weighted by Gasteiger charge is -2.20. The molecule has 1 aromatic carbocycles. The molecule has 6 heteroatoms. The average molecular weight is 318 g/mol. The van der Waals surface area contributed by atoms with Gasteiger partial charge in [-0.1, -0.05) is 19.3 Å². The molecule has 6 nitrogen and oxygen atoms in total. The molecule has 0 radical (unpaired) electrons. The lowest BCUT2D eigenvalue weighted by molar-refractivity contribution is -0.125. The summed E-state index contributed by atoms with van der Waals surface area (Å²) in [6, 6.07) is 5.09. The average Bonchev–Trinajstić information content (AvgIpc) is 3.06. The molecule has 2 amide bonds. The van der Waals surface area contributed by atoms with E-state index in [2.05, 4.69) is 10.6 Å². The summed E-state index contributed by atoms with van der Waals surface area (Å²) in [6.45, 7) is 1.05. The van der Waals surface area contributed by atoms with Gasteiger partial charge in [0, 0.05) is 24.6 Å². The van der Waals surface area contributed by atoms with Crippen LogP contribution in [0.15, 0.2) is 18.2 Å². The molecule has 0 saturated heterocycles. The van der Waals surface area contributed by atoms with Crippen molar-refractivity contribution in [2.45, 2.75) is 32.1 Å². The van der Waals surface area contributed by atoms with E-state index in [9.17, 15) is 9.59 Å². The molecule has 124 valence electrons. The van der Waals surface area contributed by atoms with E-state index >= 15 is 0 Å². The van der Waals surface area contributed by atoms with Crippen LogP contribution in [0.5, 0.6) is 11.5 Å². The number of amides is 2. The Labute approximate surface area is 135 Å². The molecule has 0 bridgehead atoms. The van der Waals surface area contributed by atoms with Gasteiger partial charge in [-0.05, 0) is 31.0 Å². The van der Waals surface area contributed by atoms with Crippen LogP contribution in [0.1, 0.15) is 42.5 Å². The molecule has 3 rings (SSSR count). The Morgan fingerprint density at radius 2 is 1.74 bits per heavy atom. The van der Waals surface area contributed by atoms with Crippen LogP contribution in [0.25, 0.3) is 0 Å².